The summed E-state index contributed by atoms with van der Waals surface area (Å²) < 4.78 is 1.50. The molecule has 2 rings (SSSR count). The van der Waals surface area contributed by atoms with Crippen LogP contribution >= 0.6 is 0 Å². The summed E-state index contributed by atoms with van der Waals surface area (Å²) in [5.74, 6) is -0.0308. The van der Waals surface area contributed by atoms with E-state index in [4.69, 9.17) is 5.73 Å². The summed E-state index contributed by atoms with van der Waals surface area (Å²) in [6.07, 6.45) is 0. The Kier molecular flexibility index (Phi) is 3.16. The number of aryl methyl sites for hydroxylation is 3. The summed E-state index contributed by atoms with van der Waals surface area (Å²) in [6, 6.07) is 4.99. The van der Waals surface area contributed by atoms with Gasteiger partial charge >= 0.3 is 0 Å². The fourth-order valence-electron chi connectivity index (χ4n) is 1.84. The van der Waals surface area contributed by atoms with Gasteiger partial charge in [-0.05, 0) is 25.5 Å². The number of para-hydroxylation sites is 1. The van der Waals surface area contributed by atoms with Crippen molar-refractivity contribution in [3.63, 3.8) is 0 Å². The number of rotatable bonds is 2. The van der Waals surface area contributed by atoms with Crippen LogP contribution in [0.2, 0.25) is 0 Å². The van der Waals surface area contributed by atoms with Crippen molar-refractivity contribution in [1.29, 1.82) is 0 Å². The molecule has 4 N–H and O–H groups in total. The highest BCUT2D eigenvalue weighted by Crippen LogP contribution is 2.25. The molecule has 0 unspecified atom stereocenters. The number of anilines is 2. The quantitative estimate of drug-likeness (QED) is 0.764. The van der Waals surface area contributed by atoms with Gasteiger partial charge in [0.25, 0.3) is 5.91 Å². The molecule has 6 heteroatoms. The predicted molar refractivity (Wildman–Crippen MR) is 73.2 cm³/mol. The van der Waals surface area contributed by atoms with Crippen molar-refractivity contribution in [3.8, 4) is 5.75 Å². The van der Waals surface area contributed by atoms with E-state index in [1.807, 2.05) is 0 Å². The van der Waals surface area contributed by atoms with Gasteiger partial charge in [-0.25, -0.2) is 0 Å². The molecule has 0 radical (unpaired) electrons. The zero-order valence-corrected chi connectivity index (χ0v) is 11.1. The SMILES string of the molecule is Cc1cccc(C(=O)Nc2c(N)c(C)nn2C)c1O. The van der Waals surface area contributed by atoms with Crippen LogP contribution in [0.1, 0.15) is 21.6 Å². The monoisotopic (exact) mass is 260 g/mol. The summed E-state index contributed by atoms with van der Waals surface area (Å²) in [7, 11) is 1.69. The first-order chi connectivity index (χ1) is 8.91. The molecule has 0 spiro atoms. The highest BCUT2D eigenvalue weighted by molar-refractivity contribution is 6.07. The molecule has 1 aromatic carbocycles. The normalized spacial score (nSPS) is 10.5. The van der Waals surface area contributed by atoms with E-state index < -0.39 is 5.91 Å². The summed E-state index contributed by atoms with van der Waals surface area (Å²) in [4.78, 5) is 12.1. The molecular formula is C13H16N4O2. The zero-order valence-electron chi connectivity index (χ0n) is 11.1. The van der Waals surface area contributed by atoms with Crippen LogP contribution < -0.4 is 11.1 Å². The fraction of sp³-hybridized carbons (Fsp3) is 0.231. The molecular weight excluding hydrogens is 244 g/mol. The molecule has 0 saturated heterocycles. The van der Waals surface area contributed by atoms with Crippen molar-refractivity contribution < 1.29 is 9.90 Å². The lowest BCUT2D eigenvalue weighted by atomic mass is 10.1. The molecule has 0 fully saturated rings. The average Bonchev–Trinajstić information content (AvgIpc) is 2.59. The van der Waals surface area contributed by atoms with E-state index in [2.05, 4.69) is 10.4 Å². The fourth-order valence-corrected chi connectivity index (χ4v) is 1.84. The topological polar surface area (TPSA) is 93.2 Å². The van der Waals surface area contributed by atoms with E-state index in [0.717, 1.165) is 0 Å². The minimum atomic E-state index is -0.420. The van der Waals surface area contributed by atoms with E-state index in [-0.39, 0.29) is 11.3 Å². The van der Waals surface area contributed by atoms with Crippen molar-refractivity contribution >= 4 is 17.4 Å². The first kappa shape index (κ1) is 12.9. The van der Waals surface area contributed by atoms with Crippen LogP contribution in [-0.2, 0) is 7.05 Å². The van der Waals surface area contributed by atoms with Gasteiger partial charge in [-0.1, -0.05) is 12.1 Å². The molecule has 1 amide bonds. The molecule has 19 heavy (non-hydrogen) atoms. The third-order valence-electron chi connectivity index (χ3n) is 2.98. The van der Waals surface area contributed by atoms with Crippen molar-refractivity contribution in [2.45, 2.75) is 13.8 Å². The van der Waals surface area contributed by atoms with Gasteiger partial charge in [0.15, 0.2) is 5.82 Å². The van der Waals surface area contributed by atoms with Crippen LogP contribution in [0, 0.1) is 13.8 Å². The van der Waals surface area contributed by atoms with Crippen molar-refractivity contribution in [2.75, 3.05) is 11.1 Å². The van der Waals surface area contributed by atoms with E-state index in [1.54, 1.807) is 39.1 Å². The maximum atomic E-state index is 12.1. The van der Waals surface area contributed by atoms with Gasteiger partial charge < -0.3 is 16.2 Å². The second-order valence-corrected chi connectivity index (χ2v) is 4.40. The highest BCUT2D eigenvalue weighted by Gasteiger charge is 2.17. The number of nitrogens with one attached hydrogen (secondary N) is 1. The summed E-state index contributed by atoms with van der Waals surface area (Å²) in [5, 5.41) is 16.6. The smallest absolute Gasteiger partial charge is 0.260 e. The minimum Gasteiger partial charge on any atom is -0.507 e. The van der Waals surface area contributed by atoms with Gasteiger partial charge in [0.1, 0.15) is 5.75 Å². The standard InChI is InChI=1S/C13H16N4O2/c1-7-5-4-6-9(11(7)18)13(19)15-12-10(14)8(2)16-17(12)3/h4-6,18H,14H2,1-3H3,(H,15,19). The van der Waals surface area contributed by atoms with Crippen molar-refractivity contribution in [1.82, 2.24) is 9.78 Å². The van der Waals surface area contributed by atoms with E-state index in [0.29, 0.717) is 22.8 Å². The highest BCUT2D eigenvalue weighted by atomic mass is 16.3. The maximum Gasteiger partial charge on any atom is 0.260 e. The van der Waals surface area contributed by atoms with Gasteiger partial charge in [-0.3, -0.25) is 9.48 Å². The molecule has 0 aliphatic heterocycles. The van der Waals surface area contributed by atoms with Crippen molar-refractivity contribution in [2.24, 2.45) is 7.05 Å². The second kappa shape index (κ2) is 4.64. The maximum absolute atomic E-state index is 12.1. The van der Waals surface area contributed by atoms with Gasteiger partial charge in [0, 0.05) is 7.05 Å². The number of nitrogens with two attached hydrogens (primary N) is 1. The Labute approximate surface area is 110 Å². The Morgan fingerprint density at radius 1 is 1.42 bits per heavy atom. The average molecular weight is 260 g/mol. The molecule has 0 bridgehead atoms. The molecule has 1 aromatic heterocycles. The number of phenolic OH excluding ortho intramolecular Hbond substituents is 1. The molecule has 0 atom stereocenters. The number of hydrogen-bond donors (Lipinski definition) is 3. The molecule has 6 nitrogen and oxygen atoms in total. The van der Waals surface area contributed by atoms with Gasteiger partial charge in [0.2, 0.25) is 0 Å². The summed E-state index contributed by atoms with van der Waals surface area (Å²) in [6.45, 7) is 3.49. The molecule has 1 heterocycles. The number of phenols is 1. The third-order valence-corrected chi connectivity index (χ3v) is 2.98. The number of nitrogen functional groups attached to an aromatic ring is 1. The first-order valence-corrected chi connectivity index (χ1v) is 5.80. The van der Waals surface area contributed by atoms with Gasteiger partial charge in [-0.2, -0.15) is 5.10 Å². The summed E-state index contributed by atoms with van der Waals surface area (Å²) in [5.41, 5.74) is 7.75. The minimum absolute atomic E-state index is 0.0301. The Balaban J connectivity index is 2.34. The predicted octanol–water partition coefficient (Wildman–Crippen LogP) is 1.58. The summed E-state index contributed by atoms with van der Waals surface area (Å²) >= 11 is 0. The number of hydrogen-bond acceptors (Lipinski definition) is 4. The number of carbonyl (C=O) groups is 1. The number of amides is 1. The van der Waals surface area contributed by atoms with Gasteiger partial charge in [0.05, 0.1) is 16.9 Å². The number of aromatic hydroxyl groups is 1. The zero-order chi connectivity index (χ0) is 14.2. The van der Waals surface area contributed by atoms with Crippen LogP contribution in [-0.4, -0.2) is 20.8 Å². The Bertz CT molecular complexity index is 646. The Hall–Kier alpha value is -2.50. The molecule has 0 aliphatic rings. The first-order valence-electron chi connectivity index (χ1n) is 5.80. The van der Waals surface area contributed by atoms with Gasteiger partial charge in [-0.15, -0.1) is 0 Å². The number of carbonyl (C=O) groups excluding carboxylic acids is 1. The van der Waals surface area contributed by atoms with Crippen LogP contribution in [0.5, 0.6) is 5.75 Å². The number of aromatic nitrogens is 2. The van der Waals surface area contributed by atoms with Crippen LogP contribution in [0.25, 0.3) is 0 Å². The van der Waals surface area contributed by atoms with Crippen LogP contribution in [0.3, 0.4) is 0 Å². The van der Waals surface area contributed by atoms with E-state index in [9.17, 15) is 9.90 Å². The lowest BCUT2D eigenvalue weighted by Crippen LogP contribution is -2.16. The lowest BCUT2D eigenvalue weighted by Gasteiger charge is -2.09. The van der Waals surface area contributed by atoms with E-state index in [1.165, 1.54) is 4.68 Å². The Morgan fingerprint density at radius 2 is 2.11 bits per heavy atom. The number of nitrogens with zero attached hydrogens (tertiary/aromatic N) is 2. The number of benzene rings is 1. The molecule has 100 valence electrons. The largest absolute Gasteiger partial charge is 0.507 e. The van der Waals surface area contributed by atoms with Crippen LogP contribution in [0.15, 0.2) is 18.2 Å². The second-order valence-electron chi connectivity index (χ2n) is 4.40. The van der Waals surface area contributed by atoms with E-state index >= 15 is 0 Å². The molecule has 0 saturated carbocycles. The Morgan fingerprint density at radius 3 is 2.68 bits per heavy atom. The van der Waals surface area contributed by atoms with Crippen molar-refractivity contribution in [3.05, 3.63) is 35.0 Å². The molecule has 0 aliphatic carbocycles. The van der Waals surface area contributed by atoms with Crippen LogP contribution in [0.4, 0.5) is 11.5 Å². The molecule has 2 aromatic rings. The lowest BCUT2D eigenvalue weighted by molar-refractivity contribution is 0.102. The third kappa shape index (κ3) is 2.24.